The number of hydrogen-bond acceptors (Lipinski definition) is 2. The molecule has 0 saturated heterocycles. The second kappa shape index (κ2) is 10.8. The van der Waals surface area contributed by atoms with Gasteiger partial charge in [0.2, 0.25) is 0 Å². The molecule has 2 nitrogen and oxygen atoms in total. The highest BCUT2D eigenvalue weighted by Gasteiger charge is 2.33. The number of para-hydroxylation sites is 1. The highest BCUT2D eigenvalue weighted by Crippen LogP contribution is 2.38. The van der Waals surface area contributed by atoms with Crippen molar-refractivity contribution < 1.29 is 5.11 Å². The third-order valence-electron chi connectivity index (χ3n) is 6.62. The van der Waals surface area contributed by atoms with Crippen LogP contribution in [-0.2, 0) is 5.60 Å². The molecule has 0 amide bonds. The molecule has 0 aromatic heterocycles. The first-order chi connectivity index (χ1) is 16.9. The molecule has 1 N–H and O–H groups in total. The van der Waals surface area contributed by atoms with Crippen molar-refractivity contribution in [2.75, 3.05) is 0 Å². The van der Waals surface area contributed by atoms with E-state index in [2.05, 4.69) is 58.0 Å². The molecule has 4 aromatic carbocycles. The van der Waals surface area contributed by atoms with Gasteiger partial charge in [0.15, 0.2) is 0 Å². The monoisotopic (exact) mass is 461 g/mol. The van der Waals surface area contributed by atoms with E-state index < -0.39 is 5.60 Å². The van der Waals surface area contributed by atoms with Crippen molar-refractivity contribution in [3.8, 4) is 0 Å². The Bertz CT molecular complexity index is 1190. The molecule has 0 aliphatic rings. The van der Waals surface area contributed by atoms with E-state index in [1.807, 2.05) is 78.9 Å². The highest BCUT2D eigenvalue weighted by molar-refractivity contribution is 6.03. The smallest absolute Gasteiger partial charge is 0.120 e. The topological polar surface area (TPSA) is 32.6 Å². The number of benzene rings is 4. The third kappa shape index (κ3) is 5.44. The van der Waals surface area contributed by atoms with Crippen LogP contribution in [0.2, 0.25) is 0 Å². The lowest BCUT2D eigenvalue weighted by molar-refractivity contribution is 0.0891. The van der Waals surface area contributed by atoms with E-state index in [4.69, 9.17) is 4.99 Å². The van der Waals surface area contributed by atoms with Gasteiger partial charge in [-0.15, -0.1) is 0 Å². The quantitative estimate of drug-likeness (QED) is 0.263. The minimum Gasteiger partial charge on any atom is -0.380 e. The normalized spacial score (nSPS) is 12.4. The van der Waals surface area contributed by atoms with Gasteiger partial charge in [0.05, 0.1) is 11.4 Å². The fourth-order valence-electron chi connectivity index (χ4n) is 4.65. The van der Waals surface area contributed by atoms with E-state index in [9.17, 15) is 5.11 Å². The van der Waals surface area contributed by atoms with Crippen LogP contribution in [0.3, 0.4) is 0 Å². The molecule has 0 aliphatic heterocycles. The van der Waals surface area contributed by atoms with Crippen molar-refractivity contribution in [2.24, 2.45) is 4.99 Å². The number of nitrogens with zero attached hydrogens (tertiary/aromatic N) is 1. The number of hydrogen-bond donors (Lipinski definition) is 1. The summed E-state index contributed by atoms with van der Waals surface area (Å²) in [6.45, 7) is 8.85. The van der Waals surface area contributed by atoms with Crippen LogP contribution >= 0.6 is 0 Å². The fraction of sp³-hybridized carbons (Fsp3) is 0.242. The first-order valence-electron chi connectivity index (χ1n) is 12.5. The maximum absolute atomic E-state index is 12.3. The van der Waals surface area contributed by atoms with E-state index in [0.717, 1.165) is 28.1 Å². The summed E-state index contributed by atoms with van der Waals surface area (Å²) >= 11 is 0. The van der Waals surface area contributed by atoms with Crippen molar-refractivity contribution in [3.05, 3.63) is 137 Å². The fourth-order valence-corrected chi connectivity index (χ4v) is 4.65. The minimum atomic E-state index is -1.22. The maximum Gasteiger partial charge on any atom is 0.120 e. The van der Waals surface area contributed by atoms with Crippen molar-refractivity contribution in [1.29, 1.82) is 0 Å². The summed E-state index contributed by atoms with van der Waals surface area (Å²) in [4.78, 5) is 5.36. The van der Waals surface area contributed by atoms with Gasteiger partial charge in [0.1, 0.15) is 5.60 Å². The van der Waals surface area contributed by atoms with E-state index in [-0.39, 0.29) is 0 Å². The average Bonchev–Trinajstić information content (AvgIpc) is 2.89. The molecule has 0 unspecified atom stereocenters. The second-order valence-corrected chi connectivity index (χ2v) is 9.79. The van der Waals surface area contributed by atoms with Crippen LogP contribution in [0.1, 0.15) is 73.8 Å². The number of rotatable bonds is 8. The van der Waals surface area contributed by atoms with Crippen molar-refractivity contribution in [1.82, 2.24) is 0 Å². The molecule has 0 bridgehead atoms. The Morgan fingerprint density at radius 3 is 1.49 bits per heavy atom. The van der Waals surface area contributed by atoms with E-state index in [0.29, 0.717) is 18.3 Å². The zero-order valence-electron chi connectivity index (χ0n) is 21.1. The van der Waals surface area contributed by atoms with Crippen LogP contribution in [0.25, 0.3) is 0 Å². The summed E-state index contributed by atoms with van der Waals surface area (Å²) in [6.07, 6.45) is 0.356. The summed E-state index contributed by atoms with van der Waals surface area (Å²) in [6, 6.07) is 36.6. The predicted octanol–water partition coefficient (Wildman–Crippen LogP) is 8.38. The Labute approximate surface area is 210 Å². The average molecular weight is 462 g/mol. The van der Waals surface area contributed by atoms with Gasteiger partial charge < -0.3 is 5.11 Å². The Balaban J connectivity index is 1.95. The van der Waals surface area contributed by atoms with Crippen LogP contribution in [0.15, 0.2) is 114 Å². The Kier molecular flexibility index (Phi) is 7.63. The zero-order chi connectivity index (χ0) is 24.8. The molecule has 0 atom stereocenters. The van der Waals surface area contributed by atoms with Crippen LogP contribution in [-0.4, -0.2) is 10.8 Å². The lowest BCUT2D eigenvalue weighted by Crippen LogP contribution is -2.31. The molecule has 0 radical (unpaired) electrons. The largest absolute Gasteiger partial charge is 0.380 e. The van der Waals surface area contributed by atoms with Crippen LogP contribution in [0.5, 0.6) is 0 Å². The van der Waals surface area contributed by atoms with Crippen molar-refractivity contribution in [2.45, 2.75) is 51.6 Å². The molecule has 0 saturated carbocycles. The molecular weight excluding hydrogens is 426 g/mol. The van der Waals surface area contributed by atoms with E-state index in [1.165, 1.54) is 11.1 Å². The molecule has 0 spiro atoms. The number of aliphatic hydroxyl groups is 1. The van der Waals surface area contributed by atoms with Gasteiger partial charge in [-0.05, 0) is 39.7 Å². The van der Waals surface area contributed by atoms with Gasteiger partial charge in [0, 0.05) is 6.42 Å². The maximum atomic E-state index is 12.3. The molecule has 35 heavy (non-hydrogen) atoms. The van der Waals surface area contributed by atoms with Crippen LogP contribution < -0.4 is 0 Å². The van der Waals surface area contributed by atoms with Gasteiger partial charge >= 0.3 is 0 Å². The molecule has 0 heterocycles. The van der Waals surface area contributed by atoms with Gasteiger partial charge in [-0.1, -0.05) is 137 Å². The zero-order valence-corrected chi connectivity index (χ0v) is 21.1. The van der Waals surface area contributed by atoms with Crippen LogP contribution in [0, 0.1) is 0 Å². The first kappa shape index (κ1) is 24.6. The standard InChI is InChI=1S/C33H35NO/c1-24(2)29-21-14-22-30(25(3)4)32(29)34-31(26-15-8-5-9-16-26)23-33(35,27-17-10-6-11-18-27)28-19-12-7-13-20-28/h5-22,24-25,35H,23H2,1-4H3. The predicted molar refractivity (Wildman–Crippen MR) is 148 cm³/mol. The lowest BCUT2D eigenvalue weighted by atomic mass is 9.81. The van der Waals surface area contributed by atoms with E-state index in [1.54, 1.807) is 0 Å². The molecule has 178 valence electrons. The summed E-state index contributed by atoms with van der Waals surface area (Å²) in [5, 5.41) is 12.3. The van der Waals surface area contributed by atoms with Crippen molar-refractivity contribution >= 4 is 11.4 Å². The Morgan fingerprint density at radius 1 is 0.629 bits per heavy atom. The summed E-state index contributed by atoms with van der Waals surface area (Å²) < 4.78 is 0. The van der Waals surface area contributed by atoms with Gasteiger partial charge in [-0.3, -0.25) is 4.99 Å². The summed E-state index contributed by atoms with van der Waals surface area (Å²) in [5.74, 6) is 0.679. The van der Waals surface area contributed by atoms with Gasteiger partial charge in [-0.2, -0.15) is 0 Å². The number of aliphatic imine (C=N–C) groups is 1. The minimum absolute atomic E-state index is 0.339. The van der Waals surface area contributed by atoms with E-state index >= 15 is 0 Å². The molecule has 2 heteroatoms. The van der Waals surface area contributed by atoms with Gasteiger partial charge in [-0.25, -0.2) is 0 Å². The Hall–Kier alpha value is -3.49. The third-order valence-corrected chi connectivity index (χ3v) is 6.62. The molecule has 4 aromatic rings. The van der Waals surface area contributed by atoms with Crippen molar-refractivity contribution in [3.63, 3.8) is 0 Å². The SMILES string of the molecule is CC(C)c1cccc(C(C)C)c1N=C(CC(O)(c1ccccc1)c1ccccc1)c1ccccc1. The molecule has 4 rings (SSSR count). The molecule has 0 aliphatic carbocycles. The molecule has 0 fully saturated rings. The van der Waals surface area contributed by atoms with Gasteiger partial charge in [0.25, 0.3) is 0 Å². The first-order valence-corrected chi connectivity index (χ1v) is 12.5. The van der Waals surface area contributed by atoms with Crippen LogP contribution in [0.4, 0.5) is 5.69 Å². The highest BCUT2D eigenvalue weighted by atomic mass is 16.3. The summed E-state index contributed by atoms with van der Waals surface area (Å²) in [5.41, 5.74) is 5.87. The summed E-state index contributed by atoms with van der Waals surface area (Å²) in [7, 11) is 0. The second-order valence-electron chi connectivity index (χ2n) is 9.79. The lowest BCUT2D eigenvalue weighted by Gasteiger charge is -2.30. The Morgan fingerprint density at radius 2 is 1.06 bits per heavy atom. The molecular formula is C33H35NO.